The third-order valence-corrected chi connectivity index (χ3v) is 3.50. The number of hydrogen-bond donors (Lipinski definition) is 0. The molecule has 1 rings (SSSR count). The van der Waals surface area contributed by atoms with E-state index >= 15 is 0 Å². The van der Waals surface area contributed by atoms with Crippen LogP contribution in [0.1, 0.15) is 81.0 Å². The molecule has 0 saturated heterocycles. The van der Waals surface area contributed by atoms with Gasteiger partial charge in [0.25, 0.3) is 0 Å². The summed E-state index contributed by atoms with van der Waals surface area (Å²) in [5.41, 5.74) is -2.35. The Morgan fingerprint density at radius 2 is 1.08 bits per heavy atom. The molecule has 0 saturated carbocycles. The molecule has 0 aliphatic heterocycles. The minimum Gasteiger partial charge on any atom is -0.545 e. The first-order valence-corrected chi connectivity index (χ1v) is 8.28. The number of aromatic carboxylic acids is 2. The monoisotopic (exact) mass is 364 g/mol. The molecule has 0 aliphatic carbocycles. The largest absolute Gasteiger partial charge is 0.545 e. The zero-order chi connectivity index (χ0) is 19.7. The number of hydrogen-bond acceptors (Lipinski definition) is 8. The molecule has 142 valence electrons. The molecule has 26 heavy (non-hydrogen) atoms. The predicted molar refractivity (Wildman–Crippen MR) is 85.5 cm³/mol. The van der Waals surface area contributed by atoms with Gasteiger partial charge in [-0.05, 0) is 25.0 Å². The van der Waals surface area contributed by atoms with Crippen LogP contribution in [0.2, 0.25) is 0 Å². The van der Waals surface area contributed by atoms with Crippen molar-refractivity contribution in [3.63, 3.8) is 0 Å². The predicted octanol–water partition coefficient (Wildman–Crippen LogP) is 0.327. The smallest absolute Gasteiger partial charge is 0.338 e. The highest BCUT2D eigenvalue weighted by molar-refractivity contribution is 6.09. The van der Waals surface area contributed by atoms with Gasteiger partial charge in [-0.2, -0.15) is 0 Å². The highest BCUT2D eigenvalue weighted by Crippen LogP contribution is 2.19. The number of ether oxygens (including phenoxy) is 2. The summed E-state index contributed by atoms with van der Waals surface area (Å²) in [7, 11) is 0. The minimum atomic E-state index is -1.78. The lowest BCUT2D eigenvalue weighted by atomic mass is 9.98. The molecule has 1 aromatic rings. The third kappa shape index (κ3) is 5.58. The maximum Gasteiger partial charge on any atom is 0.338 e. The molecular formula is C18H20O8-2. The number of unbranched alkanes of at least 4 members (excludes halogenated alkanes) is 2. The van der Waals surface area contributed by atoms with E-state index in [2.05, 4.69) is 0 Å². The van der Waals surface area contributed by atoms with E-state index < -0.39 is 46.1 Å². The summed E-state index contributed by atoms with van der Waals surface area (Å²) in [6.45, 7) is 3.86. The van der Waals surface area contributed by atoms with Gasteiger partial charge in [0.2, 0.25) is 0 Å². The zero-order valence-electron chi connectivity index (χ0n) is 14.7. The number of carboxylic acid groups (broad SMARTS) is 2. The van der Waals surface area contributed by atoms with Crippen LogP contribution in [0.25, 0.3) is 0 Å². The normalized spacial score (nSPS) is 10.2. The summed E-state index contributed by atoms with van der Waals surface area (Å²) in [6, 6.07) is 1.48. The van der Waals surface area contributed by atoms with Crippen molar-refractivity contribution in [2.24, 2.45) is 0 Å². The van der Waals surface area contributed by atoms with Crippen molar-refractivity contribution in [2.75, 3.05) is 13.2 Å². The molecular weight excluding hydrogens is 344 g/mol. The van der Waals surface area contributed by atoms with Gasteiger partial charge in [0.05, 0.1) is 36.3 Å². The minimum absolute atomic E-state index is 0.0559. The molecule has 0 heterocycles. The quantitative estimate of drug-likeness (QED) is 0.428. The third-order valence-electron chi connectivity index (χ3n) is 3.50. The van der Waals surface area contributed by atoms with Crippen LogP contribution >= 0.6 is 0 Å². The molecule has 0 aliphatic rings. The highest BCUT2D eigenvalue weighted by Gasteiger charge is 2.22. The Balaban J connectivity index is 3.32. The van der Waals surface area contributed by atoms with Gasteiger partial charge in [-0.3, -0.25) is 0 Å². The Kier molecular flexibility index (Phi) is 8.27. The maximum atomic E-state index is 12.1. The Bertz CT molecular complexity index is 637. The first kappa shape index (κ1) is 21.1. The number of esters is 2. The van der Waals surface area contributed by atoms with Crippen LogP contribution in [-0.2, 0) is 9.47 Å². The number of carbonyl (C=O) groups is 4. The fraction of sp³-hybridized carbons (Fsp3) is 0.444. The van der Waals surface area contributed by atoms with Crippen molar-refractivity contribution >= 4 is 23.9 Å². The topological polar surface area (TPSA) is 133 Å². The van der Waals surface area contributed by atoms with Crippen molar-refractivity contribution in [3.8, 4) is 0 Å². The molecule has 0 N–H and O–H groups in total. The molecule has 0 spiro atoms. The first-order valence-electron chi connectivity index (χ1n) is 8.28. The van der Waals surface area contributed by atoms with E-state index in [1.165, 1.54) is 0 Å². The number of carbonyl (C=O) groups excluding carboxylic acids is 4. The van der Waals surface area contributed by atoms with Crippen molar-refractivity contribution in [2.45, 2.75) is 39.5 Å². The van der Waals surface area contributed by atoms with Crippen molar-refractivity contribution in [1.29, 1.82) is 0 Å². The van der Waals surface area contributed by atoms with Crippen LogP contribution in [0.5, 0.6) is 0 Å². The Morgan fingerprint density at radius 3 is 1.38 bits per heavy atom. The Labute approximate surface area is 150 Å². The van der Waals surface area contributed by atoms with Gasteiger partial charge in [0.1, 0.15) is 0 Å². The lowest BCUT2D eigenvalue weighted by Crippen LogP contribution is -2.30. The van der Waals surface area contributed by atoms with E-state index in [1.807, 2.05) is 13.8 Å². The summed E-state index contributed by atoms with van der Waals surface area (Å²) in [6.07, 6.45) is 2.63. The Hall–Kier alpha value is -2.90. The number of carboxylic acids is 2. The molecule has 0 radical (unpaired) electrons. The molecule has 8 heteroatoms. The zero-order valence-corrected chi connectivity index (χ0v) is 14.7. The van der Waals surface area contributed by atoms with E-state index in [0.29, 0.717) is 18.9 Å². The van der Waals surface area contributed by atoms with Crippen LogP contribution in [0.3, 0.4) is 0 Å². The van der Waals surface area contributed by atoms with Gasteiger partial charge in [-0.15, -0.1) is 0 Å². The highest BCUT2D eigenvalue weighted by atomic mass is 16.5. The molecule has 0 fully saturated rings. The molecule has 1 aromatic carbocycles. The lowest BCUT2D eigenvalue weighted by Gasteiger charge is -2.16. The van der Waals surface area contributed by atoms with Crippen LogP contribution in [0, 0.1) is 0 Å². The molecule has 0 atom stereocenters. The van der Waals surface area contributed by atoms with Gasteiger partial charge in [0, 0.05) is 11.1 Å². The SMILES string of the molecule is CCCCOC(=O)c1cc(C(=O)OCCCC)c(C(=O)[O-])cc1C(=O)[O-]. The summed E-state index contributed by atoms with van der Waals surface area (Å²) in [5.74, 6) is -5.54. The second kappa shape index (κ2) is 10.2. The van der Waals surface area contributed by atoms with E-state index in [0.717, 1.165) is 18.9 Å². The first-order chi connectivity index (χ1) is 12.3. The van der Waals surface area contributed by atoms with Gasteiger partial charge in [-0.1, -0.05) is 26.7 Å². The maximum absolute atomic E-state index is 12.1. The van der Waals surface area contributed by atoms with Crippen molar-refractivity contribution in [1.82, 2.24) is 0 Å². The van der Waals surface area contributed by atoms with Crippen molar-refractivity contribution < 1.29 is 38.9 Å². The average Bonchev–Trinajstić information content (AvgIpc) is 2.60. The molecule has 0 aromatic heterocycles. The molecule has 8 nitrogen and oxygen atoms in total. The van der Waals surface area contributed by atoms with E-state index in [9.17, 15) is 29.4 Å². The number of rotatable bonds is 10. The summed E-state index contributed by atoms with van der Waals surface area (Å²) in [4.78, 5) is 46.8. The summed E-state index contributed by atoms with van der Waals surface area (Å²) in [5, 5.41) is 22.5. The van der Waals surface area contributed by atoms with Crippen LogP contribution in [0.4, 0.5) is 0 Å². The lowest BCUT2D eigenvalue weighted by molar-refractivity contribution is -0.255. The van der Waals surface area contributed by atoms with Crippen LogP contribution < -0.4 is 10.2 Å². The molecule has 0 unspecified atom stereocenters. The molecule has 0 bridgehead atoms. The molecule has 0 amide bonds. The fourth-order valence-electron chi connectivity index (χ4n) is 2.05. The number of benzene rings is 1. The van der Waals surface area contributed by atoms with E-state index in [1.54, 1.807) is 0 Å². The Morgan fingerprint density at radius 1 is 0.731 bits per heavy atom. The van der Waals surface area contributed by atoms with E-state index in [-0.39, 0.29) is 13.2 Å². The second-order valence-corrected chi connectivity index (χ2v) is 5.50. The standard InChI is InChI=1S/C18H22O8/c1-3-5-7-25-17(23)13-10-14(18(24)26-8-6-4-2)12(16(21)22)9-11(13)15(19)20/h9-10H,3-8H2,1-2H3,(H,19,20)(H,21,22)/p-2. The van der Waals surface area contributed by atoms with Crippen LogP contribution in [0.15, 0.2) is 12.1 Å². The average molecular weight is 364 g/mol. The van der Waals surface area contributed by atoms with Gasteiger partial charge in [-0.25, -0.2) is 9.59 Å². The van der Waals surface area contributed by atoms with Gasteiger partial charge >= 0.3 is 11.9 Å². The van der Waals surface area contributed by atoms with Crippen molar-refractivity contribution in [3.05, 3.63) is 34.4 Å². The van der Waals surface area contributed by atoms with Gasteiger partial charge < -0.3 is 29.3 Å². The summed E-state index contributed by atoms with van der Waals surface area (Å²) >= 11 is 0. The van der Waals surface area contributed by atoms with E-state index in [4.69, 9.17) is 9.47 Å². The van der Waals surface area contributed by atoms with Gasteiger partial charge in [0.15, 0.2) is 0 Å². The fourth-order valence-corrected chi connectivity index (χ4v) is 2.05. The summed E-state index contributed by atoms with van der Waals surface area (Å²) < 4.78 is 9.90. The van der Waals surface area contributed by atoms with Crippen LogP contribution in [-0.4, -0.2) is 37.1 Å². The second-order valence-electron chi connectivity index (χ2n) is 5.50.